The van der Waals surface area contributed by atoms with Gasteiger partial charge in [-0.2, -0.15) is 13.2 Å². The summed E-state index contributed by atoms with van der Waals surface area (Å²) in [6.07, 6.45) is -1.12. The Morgan fingerprint density at radius 3 is 2.88 bits per heavy atom. The minimum atomic E-state index is -4.79. The summed E-state index contributed by atoms with van der Waals surface area (Å²) in [7, 11) is 0. The molecule has 0 aromatic carbocycles. The summed E-state index contributed by atoms with van der Waals surface area (Å²) >= 11 is 0. The maximum absolute atomic E-state index is 12.9. The van der Waals surface area contributed by atoms with Gasteiger partial charge in [0.05, 0.1) is 12.2 Å². The van der Waals surface area contributed by atoms with E-state index in [0.717, 1.165) is 32.0 Å². The predicted octanol–water partition coefficient (Wildman–Crippen LogP) is 0.654. The van der Waals surface area contributed by atoms with Gasteiger partial charge in [-0.25, -0.2) is 9.97 Å². The Morgan fingerprint density at radius 1 is 1.46 bits per heavy atom. The Labute approximate surface area is 137 Å². The number of carbonyl (C=O) groups excluding carboxylic acids is 1. The molecule has 134 valence electrons. The van der Waals surface area contributed by atoms with Crippen molar-refractivity contribution in [3.05, 3.63) is 17.5 Å². The zero-order valence-corrected chi connectivity index (χ0v) is 13.0. The van der Waals surface area contributed by atoms with Crippen molar-refractivity contribution in [2.45, 2.75) is 31.5 Å². The van der Waals surface area contributed by atoms with Gasteiger partial charge in [0, 0.05) is 25.3 Å². The smallest absolute Gasteiger partial charge is 0.395 e. The molecule has 1 aliphatic rings. The number of nitrogens with one attached hydrogen (secondary N) is 1. The monoisotopic (exact) mass is 347 g/mol. The SMILES string of the molecule is Nc1ncc(C(=O)NCCN2CCCC[C@@H]2CO)c(C(F)(F)F)n1. The van der Waals surface area contributed by atoms with Crippen LogP contribution in [-0.4, -0.2) is 58.2 Å². The van der Waals surface area contributed by atoms with E-state index in [-0.39, 0.29) is 19.2 Å². The molecule has 1 amide bonds. The van der Waals surface area contributed by atoms with E-state index in [2.05, 4.69) is 15.3 Å². The molecule has 0 radical (unpaired) electrons. The molecule has 10 heteroatoms. The van der Waals surface area contributed by atoms with Crippen molar-refractivity contribution < 1.29 is 23.1 Å². The van der Waals surface area contributed by atoms with E-state index in [4.69, 9.17) is 5.73 Å². The van der Waals surface area contributed by atoms with E-state index >= 15 is 0 Å². The molecule has 1 aromatic rings. The Bertz CT molecular complexity index is 582. The fraction of sp³-hybridized carbons (Fsp3) is 0.643. The highest BCUT2D eigenvalue weighted by atomic mass is 19.4. The van der Waals surface area contributed by atoms with Crippen molar-refractivity contribution in [2.75, 3.05) is 32.0 Å². The molecule has 1 atom stereocenters. The molecular weight excluding hydrogens is 327 g/mol. The minimum absolute atomic E-state index is 0.0258. The highest BCUT2D eigenvalue weighted by Crippen LogP contribution is 2.30. The number of amides is 1. The lowest BCUT2D eigenvalue weighted by atomic mass is 10.0. The highest BCUT2D eigenvalue weighted by molar-refractivity contribution is 5.95. The van der Waals surface area contributed by atoms with Gasteiger partial charge in [0.15, 0.2) is 5.69 Å². The van der Waals surface area contributed by atoms with Crippen molar-refractivity contribution in [3.63, 3.8) is 0 Å². The number of nitrogens with two attached hydrogens (primary N) is 1. The topological polar surface area (TPSA) is 104 Å². The van der Waals surface area contributed by atoms with Crippen molar-refractivity contribution in [1.82, 2.24) is 20.2 Å². The quantitative estimate of drug-likeness (QED) is 0.723. The number of halogens is 3. The van der Waals surface area contributed by atoms with Crippen LogP contribution in [0.3, 0.4) is 0 Å². The molecule has 1 aromatic heterocycles. The zero-order chi connectivity index (χ0) is 17.7. The Morgan fingerprint density at radius 2 is 2.21 bits per heavy atom. The van der Waals surface area contributed by atoms with Gasteiger partial charge in [0.1, 0.15) is 0 Å². The van der Waals surface area contributed by atoms with Crippen LogP contribution in [0.4, 0.5) is 19.1 Å². The lowest BCUT2D eigenvalue weighted by Crippen LogP contribution is -2.45. The van der Waals surface area contributed by atoms with Crippen molar-refractivity contribution in [3.8, 4) is 0 Å². The number of carbonyl (C=O) groups is 1. The third-order valence-corrected chi connectivity index (χ3v) is 3.96. The zero-order valence-electron chi connectivity index (χ0n) is 13.0. The van der Waals surface area contributed by atoms with Crippen LogP contribution in [0.5, 0.6) is 0 Å². The van der Waals surface area contributed by atoms with E-state index in [1.807, 2.05) is 4.90 Å². The standard InChI is InChI=1S/C14H20F3N5O2/c15-14(16,17)11-10(7-20-13(18)21-11)12(24)19-4-6-22-5-2-1-3-9(22)8-23/h7,9,23H,1-6,8H2,(H,19,24)(H2,18,20,21)/t9-/m1/s1. The van der Waals surface area contributed by atoms with Crippen LogP contribution in [0.1, 0.15) is 35.3 Å². The summed E-state index contributed by atoms with van der Waals surface area (Å²) in [6.45, 7) is 1.43. The number of aliphatic hydroxyl groups is 1. The average Bonchev–Trinajstić information content (AvgIpc) is 2.54. The maximum Gasteiger partial charge on any atom is 0.434 e. The number of aliphatic hydroxyl groups excluding tert-OH is 1. The molecule has 1 aliphatic heterocycles. The molecule has 2 heterocycles. The Hall–Kier alpha value is -1.94. The molecule has 1 saturated heterocycles. The maximum atomic E-state index is 12.9. The fourth-order valence-corrected chi connectivity index (χ4v) is 2.75. The lowest BCUT2D eigenvalue weighted by Gasteiger charge is -2.34. The van der Waals surface area contributed by atoms with Gasteiger partial charge in [-0.15, -0.1) is 0 Å². The van der Waals surface area contributed by atoms with Crippen LogP contribution in [0.15, 0.2) is 6.20 Å². The van der Waals surface area contributed by atoms with Gasteiger partial charge < -0.3 is 16.2 Å². The molecule has 1 fully saturated rings. The average molecular weight is 347 g/mol. The largest absolute Gasteiger partial charge is 0.434 e. The summed E-state index contributed by atoms with van der Waals surface area (Å²) in [4.78, 5) is 20.6. The van der Waals surface area contributed by atoms with E-state index in [9.17, 15) is 23.1 Å². The van der Waals surface area contributed by atoms with Crippen molar-refractivity contribution >= 4 is 11.9 Å². The molecule has 0 spiro atoms. The van der Waals surface area contributed by atoms with Gasteiger partial charge >= 0.3 is 6.18 Å². The second-order valence-electron chi connectivity index (χ2n) is 5.61. The summed E-state index contributed by atoms with van der Waals surface area (Å²) in [5.41, 5.74) is 3.16. The number of piperidine rings is 1. The normalized spacial score (nSPS) is 19.2. The molecule has 0 bridgehead atoms. The van der Waals surface area contributed by atoms with E-state index in [0.29, 0.717) is 6.54 Å². The number of nitrogens with zero attached hydrogens (tertiary/aromatic N) is 3. The molecule has 7 nitrogen and oxygen atoms in total. The number of hydrogen-bond donors (Lipinski definition) is 3. The first-order valence-corrected chi connectivity index (χ1v) is 7.65. The Balaban J connectivity index is 1.98. The van der Waals surface area contributed by atoms with E-state index in [1.54, 1.807) is 0 Å². The van der Waals surface area contributed by atoms with Crippen LogP contribution in [0.25, 0.3) is 0 Å². The predicted molar refractivity (Wildman–Crippen MR) is 80.1 cm³/mol. The van der Waals surface area contributed by atoms with E-state index < -0.39 is 29.3 Å². The number of likely N-dealkylation sites (tertiary alicyclic amines) is 1. The highest BCUT2D eigenvalue weighted by Gasteiger charge is 2.38. The van der Waals surface area contributed by atoms with Crippen LogP contribution in [0.2, 0.25) is 0 Å². The molecule has 0 unspecified atom stereocenters. The summed E-state index contributed by atoms with van der Waals surface area (Å²) in [5.74, 6) is -1.45. The minimum Gasteiger partial charge on any atom is -0.395 e. The van der Waals surface area contributed by atoms with Crippen LogP contribution in [0, 0.1) is 0 Å². The summed E-state index contributed by atoms with van der Waals surface area (Å²) in [6, 6.07) is 0.0289. The van der Waals surface area contributed by atoms with Crippen LogP contribution >= 0.6 is 0 Å². The molecule has 24 heavy (non-hydrogen) atoms. The Kier molecular flexibility index (Phi) is 5.94. The molecule has 4 N–H and O–H groups in total. The number of nitrogen functional groups attached to an aromatic ring is 1. The fourth-order valence-electron chi connectivity index (χ4n) is 2.75. The van der Waals surface area contributed by atoms with E-state index in [1.165, 1.54) is 0 Å². The molecule has 2 rings (SSSR count). The van der Waals surface area contributed by atoms with Gasteiger partial charge in [-0.05, 0) is 19.4 Å². The van der Waals surface area contributed by atoms with Crippen LogP contribution < -0.4 is 11.1 Å². The number of rotatable bonds is 5. The second kappa shape index (κ2) is 7.75. The first kappa shape index (κ1) is 18.4. The first-order valence-electron chi connectivity index (χ1n) is 7.65. The van der Waals surface area contributed by atoms with Crippen molar-refractivity contribution in [1.29, 1.82) is 0 Å². The van der Waals surface area contributed by atoms with Crippen molar-refractivity contribution in [2.24, 2.45) is 0 Å². The second-order valence-corrected chi connectivity index (χ2v) is 5.61. The summed E-state index contributed by atoms with van der Waals surface area (Å²) in [5, 5.41) is 11.8. The molecule has 0 saturated carbocycles. The lowest BCUT2D eigenvalue weighted by molar-refractivity contribution is -0.141. The third kappa shape index (κ3) is 4.54. The van der Waals surface area contributed by atoms with Gasteiger partial charge in [0.25, 0.3) is 5.91 Å². The summed E-state index contributed by atoms with van der Waals surface area (Å²) < 4.78 is 38.8. The number of alkyl halides is 3. The van der Waals surface area contributed by atoms with Gasteiger partial charge in [-0.3, -0.25) is 9.69 Å². The van der Waals surface area contributed by atoms with Gasteiger partial charge in [-0.1, -0.05) is 6.42 Å². The number of anilines is 1. The van der Waals surface area contributed by atoms with Crippen LogP contribution in [-0.2, 0) is 6.18 Å². The molecular formula is C14H20F3N5O2. The number of aromatic nitrogens is 2. The van der Waals surface area contributed by atoms with Gasteiger partial charge in [0.2, 0.25) is 5.95 Å². The molecule has 0 aliphatic carbocycles. The number of hydrogen-bond acceptors (Lipinski definition) is 6. The first-order chi connectivity index (χ1) is 11.3. The third-order valence-electron chi connectivity index (χ3n) is 3.96.